The molecular formula is C13H20BrN. The lowest BCUT2D eigenvalue weighted by molar-refractivity contribution is 0.482. The van der Waals surface area contributed by atoms with Crippen LogP contribution in [0.5, 0.6) is 0 Å². The number of nitrogens with one attached hydrogen (secondary N) is 1. The minimum absolute atomic E-state index is 0.267. The Morgan fingerprint density at radius 2 is 1.87 bits per heavy atom. The monoisotopic (exact) mass is 270 g/mol. The maximum absolute atomic E-state index is 7.92. The molecule has 84 valence electrons. The Bertz CT molecular complexity index is 310. The number of hydrogen-bond donors (Lipinski definition) is 1. The van der Waals surface area contributed by atoms with E-state index < -0.39 is 0 Å². The van der Waals surface area contributed by atoms with E-state index in [9.17, 15) is 0 Å². The van der Waals surface area contributed by atoms with Gasteiger partial charge in [-0.05, 0) is 43.5 Å². The fraction of sp³-hybridized carbons (Fsp3) is 0.538. The van der Waals surface area contributed by atoms with Crippen molar-refractivity contribution in [3.63, 3.8) is 0 Å². The highest BCUT2D eigenvalue weighted by molar-refractivity contribution is 9.10. The van der Waals surface area contributed by atoms with Crippen LogP contribution in [0.25, 0.3) is 0 Å². The van der Waals surface area contributed by atoms with E-state index in [0.717, 1.165) is 17.4 Å². The third-order valence-corrected chi connectivity index (χ3v) is 2.76. The fourth-order valence-electron chi connectivity index (χ4n) is 1.42. The fourth-order valence-corrected chi connectivity index (χ4v) is 1.68. The number of benzene rings is 1. The predicted octanol–water partition coefficient (Wildman–Crippen LogP) is 3.63. The standard InChI is InChI=1S/C13H20BrN/c1-10(2)9-15-11(3)8-12-4-6-13(14)7-5-12/h4-7,10-11,15H,8-9H2,1-3H3/i/hD. The van der Waals surface area contributed by atoms with Gasteiger partial charge in [0.1, 0.15) is 1.41 Å². The van der Waals surface area contributed by atoms with Crippen LogP contribution in [0.3, 0.4) is 0 Å². The van der Waals surface area contributed by atoms with Crippen molar-refractivity contribution < 1.29 is 1.41 Å². The van der Waals surface area contributed by atoms with E-state index >= 15 is 0 Å². The van der Waals surface area contributed by atoms with Gasteiger partial charge in [0.2, 0.25) is 0 Å². The average Bonchev–Trinajstić information content (AvgIpc) is 2.20. The molecule has 1 atom stereocenters. The summed E-state index contributed by atoms with van der Waals surface area (Å²) in [6.07, 6.45) is 0.934. The Morgan fingerprint density at radius 1 is 1.27 bits per heavy atom. The van der Waals surface area contributed by atoms with Gasteiger partial charge in [-0.3, -0.25) is 0 Å². The summed E-state index contributed by atoms with van der Waals surface area (Å²) in [5, 5.41) is 1.69. The molecule has 0 amide bonds. The molecule has 0 bridgehead atoms. The zero-order valence-electron chi connectivity index (χ0n) is 10.7. The molecule has 0 aliphatic heterocycles. The van der Waals surface area contributed by atoms with E-state index in [1.807, 2.05) is 0 Å². The second-order valence-electron chi connectivity index (χ2n) is 4.44. The zero-order valence-corrected chi connectivity index (χ0v) is 11.3. The molecule has 2 heteroatoms. The smallest absolute Gasteiger partial charge is 0.122 e. The maximum atomic E-state index is 7.92. The SMILES string of the molecule is [2H]N(CC(C)C)C(C)Cc1ccc(Br)cc1. The summed E-state index contributed by atoms with van der Waals surface area (Å²) in [6, 6.07) is 8.61. The number of halogens is 1. The van der Waals surface area contributed by atoms with E-state index in [-0.39, 0.29) is 6.04 Å². The lowest BCUT2D eigenvalue weighted by Crippen LogP contribution is -2.31. The second kappa shape index (κ2) is 6.29. The molecule has 1 aromatic rings. The van der Waals surface area contributed by atoms with Gasteiger partial charge in [0.25, 0.3) is 0 Å². The summed E-state index contributed by atoms with van der Waals surface area (Å²) in [4.78, 5) is 0. The van der Waals surface area contributed by atoms with Crippen LogP contribution in [0.1, 0.15) is 26.3 Å². The largest absolute Gasteiger partial charge is 0.314 e. The molecule has 0 saturated heterocycles. The van der Waals surface area contributed by atoms with Gasteiger partial charge in [-0.15, -0.1) is 0 Å². The first kappa shape index (κ1) is 11.2. The summed E-state index contributed by atoms with van der Waals surface area (Å²) in [6.45, 7) is 7.23. The van der Waals surface area contributed by atoms with Crippen molar-refractivity contribution in [2.24, 2.45) is 5.92 Å². The highest BCUT2D eigenvalue weighted by Crippen LogP contribution is 2.11. The Morgan fingerprint density at radius 3 is 2.40 bits per heavy atom. The van der Waals surface area contributed by atoms with Gasteiger partial charge in [-0.2, -0.15) is 0 Å². The zero-order chi connectivity index (χ0) is 12.1. The van der Waals surface area contributed by atoms with Crippen LogP contribution >= 0.6 is 15.9 Å². The van der Waals surface area contributed by atoms with E-state index in [4.69, 9.17) is 1.41 Å². The van der Waals surface area contributed by atoms with Crippen LogP contribution in [0.4, 0.5) is 0 Å². The summed E-state index contributed by atoms with van der Waals surface area (Å²) in [7, 11) is 0. The molecule has 0 heterocycles. The van der Waals surface area contributed by atoms with E-state index in [1.165, 1.54) is 5.56 Å². The molecule has 1 nitrogen and oxygen atoms in total. The Labute approximate surface area is 103 Å². The van der Waals surface area contributed by atoms with E-state index in [2.05, 4.69) is 61.0 Å². The summed E-state index contributed by atoms with van der Waals surface area (Å²) >= 11 is 3.43. The van der Waals surface area contributed by atoms with Crippen molar-refractivity contribution in [1.29, 1.82) is 0 Å². The van der Waals surface area contributed by atoms with Crippen molar-refractivity contribution in [2.75, 3.05) is 6.54 Å². The molecule has 0 saturated carbocycles. The molecule has 1 aromatic carbocycles. The Hall–Kier alpha value is -0.340. The molecule has 1 rings (SSSR count). The highest BCUT2D eigenvalue weighted by Gasteiger charge is 2.03. The van der Waals surface area contributed by atoms with Crippen LogP contribution in [0, 0.1) is 5.92 Å². The summed E-state index contributed by atoms with van der Waals surface area (Å²) in [5.41, 5.74) is 1.29. The highest BCUT2D eigenvalue weighted by atomic mass is 79.9. The molecule has 0 spiro atoms. The van der Waals surface area contributed by atoms with Gasteiger partial charge in [-0.1, -0.05) is 41.9 Å². The van der Waals surface area contributed by atoms with Crippen molar-refractivity contribution in [2.45, 2.75) is 33.2 Å². The lowest BCUT2D eigenvalue weighted by atomic mass is 10.1. The Kier molecular flexibility index (Phi) is 4.68. The van der Waals surface area contributed by atoms with E-state index in [1.54, 1.807) is 5.31 Å². The van der Waals surface area contributed by atoms with Crippen LogP contribution < -0.4 is 5.31 Å². The summed E-state index contributed by atoms with van der Waals surface area (Å²) in [5.74, 6) is 0.546. The summed E-state index contributed by atoms with van der Waals surface area (Å²) < 4.78 is 9.03. The topological polar surface area (TPSA) is 12.0 Å². The van der Waals surface area contributed by atoms with Gasteiger partial charge in [0.15, 0.2) is 0 Å². The second-order valence-corrected chi connectivity index (χ2v) is 5.35. The van der Waals surface area contributed by atoms with Crippen molar-refractivity contribution in [3.05, 3.63) is 34.3 Å². The first-order valence-corrected chi connectivity index (χ1v) is 6.28. The normalized spacial score (nSPS) is 14.4. The van der Waals surface area contributed by atoms with Crippen molar-refractivity contribution >= 4 is 15.9 Å². The molecule has 1 N–H and O–H groups in total. The minimum Gasteiger partial charge on any atom is -0.314 e. The van der Waals surface area contributed by atoms with Gasteiger partial charge in [-0.25, -0.2) is 0 Å². The molecule has 1 unspecified atom stereocenters. The van der Waals surface area contributed by atoms with Crippen LogP contribution in [0.15, 0.2) is 28.7 Å². The van der Waals surface area contributed by atoms with Crippen LogP contribution in [0.2, 0.25) is 1.41 Å². The van der Waals surface area contributed by atoms with Gasteiger partial charge in [0.05, 0.1) is 0 Å². The number of hydrogen-bond acceptors (Lipinski definition) is 1. The lowest BCUT2D eigenvalue weighted by Gasteiger charge is -2.15. The van der Waals surface area contributed by atoms with Crippen LogP contribution in [-0.4, -0.2) is 12.6 Å². The minimum atomic E-state index is 0.267. The Balaban J connectivity index is 2.50. The average molecular weight is 271 g/mol. The van der Waals surface area contributed by atoms with Crippen molar-refractivity contribution in [1.82, 2.24) is 5.31 Å². The maximum Gasteiger partial charge on any atom is 0.122 e. The van der Waals surface area contributed by atoms with E-state index in [0.29, 0.717) is 5.92 Å². The quantitative estimate of drug-likeness (QED) is 0.862. The molecule has 0 aliphatic carbocycles. The van der Waals surface area contributed by atoms with Gasteiger partial charge < -0.3 is 5.31 Å². The van der Waals surface area contributed by atoms with Crippen LogP contribution in [-0.2, 0) is 6.42 Å². The molecule has 0 aromatic heterocycles. The van der Waals surface area contributed by atoms with Gasteiger partial charge in [0, 0.05) is 10.5 Å². The molecule has 0 radical (unpaired) electrons. The van der Waals surface area contributed by atoms with Gasteiger partial charge >= 0.3 is 0 Å². The third-order valence-electron chi connectivity index (χ3n) is 2.23. The molecular weight excluding hydrogens is 250 g/mol. The first-order chi connectivity index (χ1) is 7.49. The van der Waals surface area contributed by atoms with Crippen molar-refractivity contribution in [3.8, 4) is 0 Å². The molecule has 0 fully saturated rings. The first-order valence-electron chi connectivity index (χ1n) is 5.93. The number of rotatable bonds is 5. The third kappa shape index (κ3) is 5.33. The molecule has 15 heavy (non-hydrogen) atoms. The molecule has 0 aliphatic rings. The predicted molar refractivity (Wildman–Crippen MR) is 70.1 cm³/mol.